The number of amides is 1. The van der Waals surface area contributed by atoms with E-state index in [1.807, 2.05) is 68.4 Å². The highest BCUT2D eigenvalue weighted by atomic mass is 16.5. The van der Waals surface area contributed by atoms with Crippen LogP contribution in [0.15, 0.2) is 59.4 Å². The fourth-order valence-electron chi connectivity index (χ4n) is 2.97. The van der Waals surface area contributed by atoms with Crippen LogP contribution in [0.3, 0.4) is 0 Å². The van der Waals surface area contributed by atoms with Crippen molar-refractivity contribution in [3.05, 3.63) is 76.2 Å². The minimum atomic E-state index is -0.240. The fourth-order valence-corrected chi connectivity index (χ4v) is 2.97. The van der Waals surface area contributed by atoms with Crippen LogP contribution in [0.4, 0.5) is 5.69 Å². The Balaban J connectivity index is 1.60. The molecule has 0 aliphatic carbocycles. The van der Waals surface area contributed by atoms with Gasteiger partial charge in [-0.05, 0) is 44.5 Å². The normalized spacial score (nSPS) is 10.7. The molecular formula is C22H25N3O3. The Hall–Kier alpha value is -3.28. The summed E-state index contributed by atoms with van der Waals surface area (Å²) in [6, 6.07) is 17.1. The van der Waals surface area contributed by atoms with Crippen molar-refractivity contribution in [1.29, 1.82) is 0 Å². The first-order chi connectivity index (χ1) is 13.5. The molecule has 0 saturated carbocycles. The molecule has 1 heterocycles. The van der Waals surface area contributed by atoms with Crippen LogP contribution in [0.5, 0.6) is 5.75 Å². The molecule has 1 N–H and O–H groups in total. The molecule has 6 heteroatoms. The number of hydrogen-bond acceptors (Lipinski definition) is 3. The first kappa shape index (κ1) is 19.5. The number of ether oxygens (including phenoxy) is 1. The minimum absolute atomic E-state index is 0.196. The van der Waals surface area contributed by atoms with E-state index < -0.39 is 0 Å². The van der Waals surface area contributed by atoms with Crippen molar-refractivity contribution in [2.75, 3.05) is 11.9 Å². The summed E-state index contributed by atoms with van der Waals surface area (Å²) in [5.41, 5.74) is 2.71. The lowest BCUT2D eigenvalue weighted by atomic mass is 10.2. The predicted octanol–water partition coefficient (Wildman–Crippen LogP) is 3.59. The molecule has 0 spiro atoms. The van der Waals surface area contributed by atoms with E-state index in [1.54, 1.807) is 16.4 Å². The summed E-state index contributed by atoms with van der Waals surface area (Å²) < 4.78 is 8.93. The minimum Gasteiger partial charge on any atom is -0.494 e. The van der Waals surface area contributed by atoms with Gasteiger partial charge in [0.2, 0.25) is 5.91 Å². The standard InChI is InChI=1S/C22H25N3O3/c1-16-11-13-19(14-12-16)28-15-7-10-20(26)23-21-17(2)24(3)25(22(21)27)18-8-5-4-6-9-18/h4-6,8-9,11-14H,7,10,15H2,1-3H3,(H,23,26). The molecule has 146 valence electrons. The molecule has 1 aromatic heterocycles. The summed E-state index contributed by atoms with van der Waals surface area (Å²) in [5.74, 6) is 0.592. The average Bonchev–Trinajstić information content (AvgIpc) is 2.90. The van der Waals surface area contributed by atoms with Crippen LogP contribution >= 0.6 is 0 Å². The number of benzene rings is 2. The highest BCUT2D eigenvalue weighted by Crippen LogP contribution is 2.15. The second-order valence-electron chi connectivity index (χ2n) is 6.75. The summed E-state index contributed by atoms with van der Waals surface area (Å²) in [6.45, 7) is 4.28. The van der Waals surface area contributed by atoms with Gasteiger partial charge in [-0.3, -0.25) is 14.3 Å². The Kier molecular flexibility index (Phi) is 5.99. The number of nitrogens with zero attached hydrogens (tertiary/aromatic N) is 2. The van der Waals surface area contributed by atoms with Gasteiger partial charge < -0.3 is 10.1 Å². The van der Waals surface area contributed by atoms with Gasteiger partial charge >= 0.3 is 0 Å². The third-order valence-electron chi connectivity index (χ3n) is 4.66. The van der Waals surface area contributed by atoms with Crippen molar-refractivity contribution in [3.8, 4) is 11.4 Å². The topological polar surface area (TPSA) is 65.3 Å². The van der Waals surface area contributed by atoms with Crippen LogP contribution in [-0.4, -0.2) is 21.9 Å². The Bertz CT molecular complexity index is 1000. The summed E-state index contributed by atoms with van der Waals surface area (Å²) >= 11 is 0. The molecule has 0 fully saturated rings. The zero-order chi connectivity index (χ0) is 20.1. The fraction of sp³-hybridized carbons (Fsp3) is 0.273. The predicted molar refractivity (Wildman–Crippen MR) is 110 cm³/mol. The molecule has 0 saturated heterocycles. The third kappa shape index (κ3) is 4.34. The number of nitrogens with one attached hydrogen (secondary N) is 1. The zero-order valence-corrected chi connectivity index (χ0v) is 16.4. The van der Waals surface area contributed by atoms with Crippen molar-refractivity contribution in [2.45, 2.75) is 26.7 Å². The van der Waals surface area contributed by atoms with Gasteiger partial charge in [-0.15, -0.1) is 0 Å². The van der Waals surface area contributed by atoms with E-state index in [0.29, 0.717) is 24.4 Å². The number of hydrogen-bond donors (Lipinski definition) is 1. The number of rotatable bonds is 7. The van der Waals surface area contributed by atoms with Crippen molar-refractivity contribution in [2.24, 2.45) is 7.05 Å². The summed E-state index contributed by atoms with van der Waals surface area (Å²) in [7, 11) is 1.80. The first-order valence-corrected chi connectivity index (χ1v) is 9.30. The maximum Gasteiger partial charge on any atom is 0.295 e. The molecule has 0 aliphatic heterocycles. The number of para-hydroxylation sites is 1. The van der Waals surface area contributed by atoms with Crippen LogP contribution in [0.25, 0.3) is 5.69 Å². The highest BCUT2D eigenvalue weighted by Gasteiger charge is 2.17. The van der Waals surface area contributed by atoms with Crippen LogP contribution in [0.1, 0.15) is 24.1 Å². The van der Waals surface area contributed by atoms with E-state index in [4.69, 9.17) is 4.74 Å². The average molecular weight is 379 g/mol. The van der Waals surface area contributed by atoms with E-state index in [2.05, 4.69) is 5.32 Å². The van der Waals surface area contributed by atoms with E-state index >= 15 is 0 Å². The maximum atomic E-state index is 12.8. The molecule has 0 aliphatic rings. The zero-order valence-electron chi connectivity index (χ0n) is 16.4. The molecule has 0 atom stereocenters. The van der Waals surface area contributed by atoms with Gasteiger partial charge in [0.1, 0.15) is 11.4 Å². The number of aromatic nitrogens is 2. The molecule has 6 nitrogen and oxygen atoms in total. The van der Waals surface area contributed by atoms with Crippen molar-refractivity contribution in [3.63, 3.8) is 0 Å². The van der Waals surface area contributed by atoms with Crippen LogP contribution in [0, 0.1) is 13.8 Å². The van der Waals surface area contributed by atoms with E-state index in [1.165, 1.54) is 5.56 Å². The SMILES string of the molecule is Cc1ccc(OCCCC(=O)Nc2c(C)n(C)n(-c3ccccc3)c2=O)cc1. The number of carbonyl (C=O) groups excluding carboxylic acids is 1. The van der Waals surface area contributed by atoms with Gasteiger partial charge in [0.15, 0.2) is 0 Å². The lowest BCUT2D eigenvalue weighted by molar-refractivity contribution is -0.116. The quantitative estimate of drug-likeness (QED) is 0.638. The van der Waals surface area contributed by atoms with Crippen LogP contribution in [0.2, 0.25) is 0 Å². The van der Waals surface area contributed by atoms with Crippen molar-refractivity contribution in [1.82, 2.24) is 9.36 Å². The third-order valence-corrected chi connectivity index (χ3v) is 4.66. The lowest BCUT2D eigenvalue weighted by Gasteiger charge is -2.07. The largest absolute Gasteiger partial charge is 0.494 e. The Labute approximate surface area is 164 Å². The summed E-state index contributed by atoms with van der Waals surface area (Å²) in [4.78, 5) is 25.1. The van der Waals surface area contributed by atoms with Gasteiger partial charge in [0.05, 0.1) is 18.0 Å². The van der Waals surface area contributed by atoms with Crippen molar-refractivity contribution >= 4 is 11.6 Å². The van der Waals surface area contributed by atoms with Crippen molar-refractivity contribution < 1.29 is 9.53 Å². The van der Waals surface area contributed by atoms with Gasteiger partial charge in [-0.25, -0.2) is 4.68 Å². The Morgan fingerprint density at radius 3 is 2.39 bits per heavy atom. The number of carbonyl (C=O) groups is 1. The molecular weight excluding hydrogens is 354 g/mol. The molecule has 2 aromatic carbocycles. The van der Waals surface area contributed by atoms with Crippen LogP contribution in [-0.2, 0) is 11.8 Å². The first-order valence-electron chi connectivity index (χ1n) is 9.30. The Morgan fingerprint density at radius 2 is 1.71 bits per heavy atom. The second-order valence-corrected chi connectivity index (χ2v) is 6.75. The number of anilines is 1. The van der Waals surface area contributed by atoms with Gasteiger partial charge in [-0.2, -0.15) is 0 Å². The number of aryl methyl sites for hydroxylation is 1. The van der Waals surface area contributed by atoms with E-state index in [9.17, 15) is 9.59 Å². The summed E-state index contributed by atoms with van der Waals surface area (Å²) in [6.07, 6.45) is 0.851. The smallest absolute Gasteiger partial charge is 0.295 e. The summed E-state index contributed by atoms with van der Waals surface area (Å²) in [5, 5.41) is 2.77. The van der Waals surface area contributed by atoms with Gasteiger partial charge in [-0.1, -0.05) is 35.9 Å². The molecule has 1 amide bonds. The molecule has 0 radical (unpaired) electrons. The van der Waals surface area contributed by atoms with Gasteiger partial charge in [0.25, 0.3) is 5.56 Å². The van der Waals surface area contributed by atoms with E-state index in [0.717, 1.165) is 11.4 Å². The highest BCUT2D eigenvalue weighted by molar-refractivity contribution is 5.91. The maximum absolute atomic E-state index is 12.8. The van der Waals surface area contributed by atoms with Gasteiger partial charge in [0, 0.05) is 13.5 Å². The molecule has 28 heavy (non-hydrogen) atoms. The van der Waals surface area contributed by atoms with Crippen LogP contribution < -0.4 is 15.6 Å². The lowest BCUT2D eigenvalue weighted by Crippen LogP contribution is -2.23. The Morgan fingerprint density at radius 1 is 1.04 bits per heavy atom. The molecule has 0 bridgehead atoms. The van der Waals surface area contributed by atoms with E-state index in [-0.39, 0.29) is 17.9 Å². The second kappa shape index (κ2) is 8.61. The molecule has 3 rings (SSSR count). The monoisotopic (exact) mass is 379 g/mol. The molecule has 3 aromatic rings. The molecule has 0 unspecified atom stereocenters.